The van der Waals surface area contributed by atoms with Gasteiger partial charge in [0.2, 0.25) is 10.0 Å². The van der Waals surface area contributed by atoms with E-state index in [4.69, 9.17) is 10.9 Å². The Morgan fingerprint density at radius 2 is 2.00 bits per heavy atom. The van der Waals surface area contributed by atoms with Crippen molar-refractivity contribution in [1.29, 1.82) is 0 Å². The van der Waals surface area contributed by atoms with Gasteiger partial charge in [0.15, 0.2) is 0 Å². The number of aryl methyl sites for hydroxylation is 1. The lowest BCUT2D eigenvalue weighted by Gasteiger charge is -2.17. The fourth-order valence-electron chi connectivity index (χ4n) is 2.40. The molecule has 1 aliphatic heterocycles. The lowest BCUT2D eigenvalue weighted by molar-refractivity contribution is 0.0790. The summed E-state index contributed by atoms with van der Waals surface area (Å²) < 4.78 is 23.2. The van der Waals surface area contributed by atoms with Crippen molar-refractivity contribution >= 4 is 15.9 Å². The molecule has 0 unspecified atom stereocenters. The molecule has 4 N–H and O–H groups in total. The number of amides is 1. The number of primary sulfonamides is 1. The molecule has 0 spiro atoms. The maximum Gasteiger partial charge on any atom is 0.253 e. The van der Waals surface area contributed by atoms with E-state index >= 15 is 0 Å². The summed E-state index contributed by atoms with van der Waals surface area (Å²) in [6, 6.07) is 3.03. The van der Waals surface area contributed by atoms with Crippen molar-refractivity contribution in [3.63, 3.8) is 0 Å². The summed E-state index contributed by atoms with van der Waals surface area (Å²) in [5.74, 6) is -0.203. The van der Waals surface area contributed by atoms with Crippen LogP contribution in [0.1, 0.15) is 27.9 Å². The van der Waals surface area contributed by atoms with Gasteiger partial charge in [-0.3, -0.25) is 4.79 Å². The van der Waals surface area contributed by atoms with E-state index in [9.17, 15) is 13.2 Å². The topological polar surface area (TPSA) is 106 Å². The summed E-state index contributed by atoms with van der Waals surface area (Å²) in [5.41, 5.74) is 7.42. The molecule has 1 aliphatic rings. The predicted octanol–water partition coefficient (Wildman–Crippen LogP) is 0.124. The van der Waals surface area contributed by atoms with Gasteiger partial charge >= 0.3 is 0 Å². The summed E-state index contributed by atoms with van der Waals surface area (Å²) in [4.78, 5) is 14.0. The molecule has 1 heterocycles. The third-order valence-electron chi connectivity index (χ3n) is 3.69. The second-order valence-corrected chi connectivity index (χ2v) is 6.79. The number of benzene rings is 1. The molecule has 6 nitrogen and oxygen atoms in total. The van der Waals surface area contributed by atoms with E-state index in [2.05, 4.69) is 0 Å². The summed E-state index contributed by atoms with van der Waals surface area (Å²) in [7, 11) is -3.84. The number of hydrogen-bond donors (Lipinski definition) is 2. The smallest absolute Gasteiger partial charge is 0.253 e. The molecule has 0 saturated carbocycles. The van der Waals surface area contributed by atoms with Crippen molar-refractivity contribution in [2.45, 2.75) is 31.2 Å². The molecule has 20 heavy (non-hydrogen) atoms. The Kier molecular flexibility index (Phi) is 3.86. The predicted molar refractivity (Wildman–Crippen MR) is 75.8 cm³/mol. The Labute approximate surface area is 118 Å². The summed E-state index contributed by atoms with van der Waals surface area (Å²) in [6.45, 7) is 4.53. The zero-order valence-electron chi connectivity index (χ0n) is 11.6. The number of sulfonamides is 1. The fourth-order valence-corrected chi connectivity index (χ4v) is 3.28. The number of nitrogens with zero attached hydrogens (tertiary/aromatic N) is 1. The third-order valence-corrected chi connectivity index (χ3v) is 4.72. The van der Waals surface area contributed by atoms with Gasteiger partial charge in [0.1, 0.15) is 0 Å². The molecular formula is C13H19N3O3S. The van der Waals surface area contributed by atoms with E-state index in [1.54, 1.807) is 24.8 Å². The van der Waals surface area contributed by atoms with Gasteiger partial charge in [-0.25, -0.2) is 13.6 Å². The van der Waals surface area contributed by atoms with Crippen LogP contribution in [0, 0.1) is 13.8 Å². The highest BCUT2D eigenvalue weighted by atomic mass is 32.2. The Hall–Kier alpha value is -1.44. The van der Waals surface area contributed by atoms with E-state index in [0.717, 1.165) is 12.0 Å². The van der Waals surface area contributed by atoms with Crippen LogP contribution in [0.2, 0.25) is 0 Å². The quantitative estimate of drug-likeness (QED) is 0.808. The first-order valence-electron chi connectivity index (χ1n) is 6.39. The Morgan fingerprint density at radius 3 is 2.50 bits per heavy atom. The monoisotopic (exact) mass is 297 g/mol. The average Bonchev–Trinajstić information content (AvgIpc) is 2.76. The highest BCUT2D eigenvalue weighted by molar-refractivity contribution is 7.89. The van der Waals surface area contributed by atoms with E-state index in [-0.39, 0.29) is 16.8 Å². The molecule has 0 radical (unpaired) electrons. The first kappa shape index (κ1) is 15.0. The molecule has 0 aliphatic carbocycles. The van der Waals surface area contributed by atoms with E-state index < -0.39 is 10.0 Å². The van der Waals surface area contributed by atoms with Crippen molar-refractivity contribution < 1.29 is 13.2 Å². The van der Waals surface area contributed by atoms with Gasteiger partial charge in [0, 0.05) is 24.7 Å². The van der Waals surface area contributed by atoms with Crippen molar-refractivity contribution in [3.8, 4) is 0 Å². The summed E-state index contributed by atoms with van der Waals surface area (Å²) in [6.07, 6.45) is 0.763. The first-order chi connectivity index (χ1) is 9.20. The van der Waals surface area contributed by atoms with Crippen LogP contribution in [0.5, 0.6) is 0 Å². The normalized spacial score (nSPS) is 19.4. The fraction of sp³-hybridized carbons (Fsp3) is 0.462. The molecule has 110 valence electrons. The summed E-state index contributed by atoms with van der Waals surface area (Å²) in [5, 5.41) is 5.20. The molecule has 0 bridgehead atoms. The molecule has 1 aromatic rings. The molecule has 2 rings (SSSR count). The largest absolute Gasteiger partial charge is 0.337 e. The first-order valence-corrected chi connectivity index (χ1v) is 7.93. The zero-order valence-corrected chi connectivity index (χ0v) is 12.4. The van der Waals surface area contributed by atoms with Crippen molar-refractivity contribution in [2.75, 3.05) is 13.1 Å². The molecule has 0 aromatic heterocycles. The van der Waals surface area contributed by atoms with Gasteiger partial charge in [-0.1, -0.05) is 0 Å². The van der Waals surface area contributed by atoms with Gasteiger partial charge in [0.05, 0.1) is 4.90 Å². The molecule has 1 saturated heterocycles. The van der Waals surface area contributed by atoms with E-state index in [1.165, 1.54) is 6.07 Å². The van der Waals surface area contributed by atoms with Gasteiger partial charge in [-0.15, -0.1) is 0 Å². The second kappa shape index (κ2) is 5.16. The number of likely N-dealkylation sites (tertiary alicyclic amines) is 1. The maximum absolute atomic E-state index is 12.4. The number of carbonyl (C=O) groups is 1. The Balaban J connectivity index is 2.43. The van der Waals surface area contributed by atoms with Crippen LogP contribution >= 0.6 is 0 Å². The van der Waals surface area contributed by atoms with Crippen molar-refractivity contribution in [1.82, 2.24) is 4.90 Å². The van der Waals surface area contributed by atoms with Gasteiger partial charge in [-0.05, 0) is 43.5 Å². The van der Waals surface area contributed by atoms with E-state index in [0.29, 0.717) is 24.2 Å². The highest BCUT2D eigenvalue weighted by Gasteiger charge is 2.26. The lowest BCUT2D eigenvalue weighted by atomic mass is 10.1. The molecule has 1 aromatic carbocycles. The minimum atomic E-state index is -3.84. The number of nitrogens with two attached hydrogens (primary N) is 2. The maximum atomic E-state index is 12.4. The second-order valence-electron chi connectivity index (χ2n) is 5.26. The zero-order chi connectivity index (χ0) is 15.1. The van der Waals surface area contributed by atoms with Crippen LogP contribution in [0.15, 0.2) is 17.0 Å². The van der Waals surface area contributed by atoms with E-state index in [1.807, 2.05) is 0 Å². The van der Waals surface area contributed by atoms with Gasteiger partial charge in [0.25, 0.3) is 5.91 Å². The van der Waals surface area contributed by atoms with Crippen molar-refractivity contribution in [2.24, 2.45) is 10.9 Å². The molecule has 1 amide bonds. The molecule has 1 atom stereocenters. The van der Waals surface area contributed by atoms with Crippen LogP contribution in [-0.4, -0.2) is 38.4 Å². The van der Waals surface area contributed by atoms with Crippen LogP contribution in [0.4, 0.5) is 0 Å². The van der Waals surface area contributed by atoms with Gasteiger partial charge < -0.3 is 10.6 Å². The summed E-state index contributed by atoms with van der Waals surface area (Å²) >= 11 is 0. The Bertz CT molecular complexity index is 655. The lowest BCUT2D eigenvalue weighted by Crippen LogP contribution is -2.32. The third kappa shape index (κ3) is 2.84. The number of carbonyl (C=O) groups excluding carboxylic acids is 1. The SMILES string of the molecule is Cc1cc(C(=O)N2CC[C@@H](N)C2)cc(S(N)(=O)=O)c1C. The molecular weight excluding hydrogens is 278 g/mol. The van der Waals surface area contributed by atoms with Crippen LogP contribution in [0.25, 0.3) is 0 Å². The average molecular weight is 297 g/mol. The minimum Gasteiger partial charge on any atom is -0.337 e. The highest BCUT2D eigenvalue weighted by Crippen LogP contribution is 2.22. The van der Waals surface area contributed by atoms with Crippen LogP contribution in [0.3, 0.4) is 0 Å². The minimum absolute atomic E-state index is 0.00402. The van der Waals surface area contributed by atoms with Crippen LogP contribution < -0.4 is 10.9 Å². The number of hydrogen-bond acceptors (Lipinski definition) is 4. The molecule has 1 fully saturated rings. The standard InChI is InChI=1S/C13H19N3O3S/c1-8-5-10(6-12(9(8)2)20(15,18)19)13(17)16-4-3-11(14)7-16/h5-6,11H,3-4,7,14H2,1-2H3,(H2,15,18,19)/t11-/m1/s1. The van der Waals surface area contributed by atoms with Gasteiger partial charge in [-0.2, -0.15) is 0 Å². The van der Waals surface area contributed by atoms with Crippen molar-refractivity contribution in [3.05, 3.63) is 28.8 Å². The Morgan fingerprint density at radius 1 is 1.35 bits per heavy atom. The molecule has 7 heteroatoms. The van der Waals surface area contributed by atoms with Crippen LogP contribution in [-0.2, 0) is 10.0 Å². The number of rotatable bonds is 2.